The molecule has 0 heterocycles. The third-order valence-corrected chi connectivity index (χ3v) is 3.28. The first-order valence-electron chi connectivity index (χ1n) is 4.44. The largest absolute Gasteiger partial charge is 0.573 e. The molecule has 0 saturated heterocycles. The zero-order valence-corrected chi connectivity index (χ0v) is 12.1. The van der Waals surface area contributed by atoms with Crippen LogP contribution in [0.15, 0.2) is 18.2 Å². The molecular weight excluding hydrogens is 416 g/mol. The monoisotopic (exact) mass is 422 g/mol. The summed E-state index contributed by atoms with van der Waals surface area (Å²) < 4.78 is 40.9. The average Bonchev–Trinajstić information content (AvgIpc) is 2.21. The van der Waals surface area contributed by atoms with Gasteiger partial charge in [-0.25, -0.2) is 0 Å². The first kappa shape index (κ1) is 14.7. The Hall–Kier alpha value is -0.310. The van der Waals surface area contributed by atoms with E-state index in [2.05, 4.69) is 20.7 Å². The fourth-order valence-corrected chi connectivity index (χ4v) is 2.04. The van der Waals surface area contributed by atoms with Crippen LogP contribution in [0.25, 0.3) is 0 Å². The summed E-state index contributed by atoms with van der Waals surface area (Å²) in [5.41, 5.74) is 0.235. The normalized spacial score (nSPS) is 11.4. The van der Waals surface area contributed by atoms with Crippen LogP contribution in [0.5, 0.6) is 5.75 Å². The van der Waals surface area contributed by atoms with Crippen LogP contribution < -0.4 is 4.74 Å². The number of hydrogen-bond donors (Lipinski definition) is 0. The van der Waals surface area contributed by atoms with E-state index in [0.29, 0.717) is 3.57 Å². The molecule has 0 N–H and O–H groups in total. The maximum Gasteiger partial charge on any atom is 0.573 e. The van der Waals surface area contributed by atoms with E-state index in [0.717, 1.165) is 0 Å². The number of hydrogen-bond acceptors (Lipinski definition) is 2. The second kappa shape index (κ2) is 6.03. The topological polar surface area (TPSA) is 26.3 Å². The highest BCUT2D eigenvalue weighted by molar-refractivity contribution is 14.1. The molecule has 0 saturated carbocycles. The summed E-state index contributed by atoms with van der Waals surface area (Å²) in [4.78, 5) is 11.2. The maximum atomic E-state index is 12.2. The molecule has 0 amide bonds. The molecule has 0 atom stereocenters. The van der Waals surface area contributed by atoms with E-state index in [9.17, 15) is 18.0 Å². The zero-order chi connectivity index (χ0) is 13.1. The third-order valence-electron chi connectivity index (χ3n) is 1.80. The van der Waals surface area contributed by atoms with Crippen molar-refractivity contribution in [1.82, 2.24) is 0 Å². The number of para-hydroxylation sites is 1. The molecule has 0 unspecified atom stereocenters. The molecule has 7 heteroatoms. The van der Waals surface area contributed by atoms with Crippen molar-refractivity contribution in [1.29, 1.82) is 0 Å². The van der Waals surface area contributed by atoms with Crippen molar-refractivity contribution in [3.63, 3.8) is 0 Å². The van der Waals surface area contributed by atoms with E-state index < -0.39 is 6.36 Å². The van der Waals surface area contributed by atoms with Gasteiger partial charge in [-0.3, -0.25) is 4.79 Å². The van der Waals surface area contributed by atoms with Gasteiger partial charge >= 0.3 is 6.36 Å². The van der Waals surface area contributed by atoms with Gasteiger partial charge in [-0.2, -0.15) is 0 Å². The molecule has 1 aromatic carbocycles. The number of ether oxygens (including phenoxy) is 1. The van der Waals surface area contributed by atoms with Gasteiger partial charge in [0.25, 0.3) is 0 Å². The predicted octanol–water partition coefficient (Wildman–Crippen LogP) is 3.70. The minimum absolute atomic E-state index is 0.0898. The number of alkyl halides is 4. The number of carbonyl (C=O) groups excluding carboxylic acids is 1. The molecule has 0 spiro atoms. The summed E-state index contributed by atoms with van der Waals surface area (Å²) in [5, 5.41) is 0.101. The first-order valence-corrected chi connectivity index (χ1v) is 6.64. The van der Waals surface area contributed by atoms with Crippen molar-refractivity contribution in [3.8, 4) is 5.75 Å². The Morgan fingerprint density at radius 1 is 1.41 bits per heavy atom. The van der Waals surface area contributed by atoms with Gasteiger partial charge in [0.2, 0.25) is 0 Å². The summed E-state index contributed by atoms with van der Waals surface area (Å²) in [6.45, 7) is 0. The SMILES string of the molecule is O=C(CBr)Cc1cccc(I)c1OC(F)(F)F. The van der Waals surface area contributed by atoms with Crippen LogP contribution >= 0.6 is 38.5 Å². The van der Waals surface area contributed by atoms with E-state index >= 15 is 0 Å². The molecule has 2 nitrogen and oxygen atoms in total. The lowest BCUT2D eigenvalue weighted by Gasteiger charge is -2.14. The molecule has 94 valence electrons. The molecule has 1 aromatic rings. The van der Waals surface area contributed by atoms with Crippen LogP contribution in [0.2, 0.25) is 0 Å². The van der Waals surface area contributed by atoms with Crippen molar-refractivity contribution in [3.05, 3.63) is 27.3 Å². The van der Waals surface area contributed by atoms with Gasteiger partial charge in [0.1, 0.15) is 11.5 Å². The number of halogens is 5. The summed E-state index contributed by atoms with van der Waals surface area (Å²) >= 11 is 4.70. The Labute approximate surface area is 118 Å². The number of Topliss-reactive ketones (excluding diaryl/α,β-unsaturated/α-hetero) is 1. The molecule has 17 heavy (non-hydrogen) atoms. The molecule has 0 aliphatic heterocycles. The number of benzene rings is 1. The third kappa shape index (κ3) is 4.82. The van der Waals surface area contributed by atoms with E-state index in [1.54, 1.807) is 28.7 Å². The Balaban J connectivity index is 3.04. The highest BCUT2D eigenvalue weighted by Gasteiger charge is 2.33. The maximum absolute atomic E-state index is 12.2. The highest BCUT2D eigenvalue weighted by Crippen LogP contribution is 2.31. The Morgan fingerprint density at radius 3 is 2.59 bits per heavy atom. The molecule has 0 aliphatic rings. The van der Waals surface area contributed by atoms with E-state index in [4.69, 9.17) is 0 Å². The molecular formula is C10H7BrF3IO2. The van der Waals surface area contributed by atoms with Crippen LogP contribution in [0, 0.1) is 3.57 Å². The Kier molecular flexibility index (Phi) is 5.23. The fraction of sp³-hybridized carbons (Fsp3) is 0.300. The van der Waals surface area contributed by atoms with Gasteiger partial charge in [-0.1, -0.05) is 28.1 Å². The Bertz CT molecular complexity index is 421. The van der Waals surface area contributed by atoms with Gasteiger partial charge in [-0.15, -0.1) is 13.2 Å². The molecule has 0 aromatic heterocycles. The predicted molar refractivity (Wildman–Crippen MR) is 68.3 cm³/mol. The number of rotatable bonds is 4. The summed E-state index contributed by atoms with van der Waals surface area (Å²) in [6.07, 6.45) is -4.85. The van der Waals surface area contributed by atoms with E-state index in [1.807, 2.05) is 0 Å². The lowest BCUT2D eigenvalue weighted by Crippen LogP contribution is -2.19. The lowest BCUT2D eigenvalue weighted by molar-refractivity contribution is -0.275. The smallest absolute Gasteiger partial charge is 0.404 e. The number of carbonyl (C=O) groups is 1. The van der Waals surface area contributed by atoms with Crippen molar-refractivity contribution < 1.29 is 22.7 Å². The molecule has 0 aliphatic carbocycles. The van der Waals surface area contributed by atoms with Crippen molar-refractivity contribution in [2.75, 3.05) is 5.33 Å². The second-order valence-corrected chi connectivity index (χ2v) is 4.85. The average molecular weight is 423 g/mol. The quantitative estimate of drug-likeness (QED) is 0.546. The highest BCUT2D eigenvalue weighted by atomic mass is 127. The van der Waals surface area contributed by atoms with Crippen molar-refractivity contribution in [2.24, 2.45) is 0 Å². The zero-order valence-electron chi connectivity index (χ0n) is 8.35. The molecule has 0 fully saturated rings. The fourth-order valence-electron chi connectivity index (χ4n) is 1.18. The second-order valence-electron chi connectivity index (χ2n) is 3.12. The number of ketones is 1. The Morgan fingerprint density at radius 2 is 2.06 bits per heavy atom. The van der Waals surface area contributed by atoms with Gasteiger partial charge in [0.15, 0.2) is 0 Å². The molecule has 1 rings (SSSR count). The van der Waals surface area contributed by atoms with Crippen LogP contribution in [0.1, 0.15) is 5.56 Å². The summed E-state index contributed by atoms with van der Waals surface area (Å²) in [6, 6.07) is 4.52. The van der Waals surface area contributed by atoms with Crippen LogP contribution in [-0.2, 0) is 11.2 Å². The van der Waals surface area contributed by atoms with Crippen molar-refractivity contribution in [2.45, 2.75) is 12.8 Å². The molecule has 0 bridgehead atoms. The van der Waals surface area contributed by atoms with E-state index in [-0.39, 0.29) is 28.8 Å². The van der Waals surface area contributed by atoms with Gasteiger partial charge in [0, 0.05) is 12.0 Å². The summed E-state index contributed by atoms with van der Waals surface area (Å²) in [7, 11) is 0. The van der Waals surface area contributed by atoms with Crippen LogP contribution in [0.4, 0.5) is 13.2 Å². The standard InChI is InChI=1S/C10H7BrF3IO2/c11-5-7(16)4-6-2-1-3-8(15)9(6)17-10(12,13)14/h1-3H,4-5H2. The van der Waals surface area contributed by atoms with Crippen molar-refractivity contribution >= 4 is 44.3 Å². The van der Waals surface area contributed by atoms with Gasteiger partial charge < -0.3 is 4.74 Å². The lowest BCUT2D eigenvalue weighted by atomic mass is 10.1. The minimum atomic E-state index is -4.76. The minimum Gasteiger partial charge on any atom is -0.404 e. The van der Waals surface area contributed by atoms with Crippen LogP contribution in [-0.4, -0.2) is 17.5 Å². The van der Waals surface area contributed by atoms with Crippen LogP contribution in [0.3, 0.4) is 0 Å². The van der Waals surface area contributed by atoms with Gasteiger partial charge in [-0.05, 0) is 28.7 Å². The molecule has 0 radical (unpaired) electrons. The van der Waals surface area contributed by atoms with Gasteiger partial charge in [0.05, 0.1) is 8.90 Å². The summed E-state index contributed by atoms with van der Waals surface area (Å²) in [5.74, 6) is -0.506. The first-order chi connectivity index (χ1) is 7.83. The van der Waals surface area contributed by atoms with E-state index in [1.165, 1.54) is 12.1 Å².